The van der Waals surface area contributed by atoms with Crippen molar-refractivity contribution >= 4 is 45.2 Å². The number of fused-ring (bicyclic) bond motifs is 1. The molecule has 1 aliphatic carbocycles. The first kappa shape index (κ1) is 40.2. The van der Waals surface area contributed by atoms with E-state index < -0.39 is 11.9 Å². The van der Waals surface area contributed by atoms with Gasteiger partial charge in [0.15, 0.2) is 0 Å². The van der Waals surface area contributed by atoms with Crippen molar-refractivity contribution in [2.24, 2.45) is 16.9 Å². The Hall–Kier alpha value is -5.03. The van der Waals surface area contributed by atoms with Crippen LogP contribution in [0.5, 0.6) is 11.5 Å². The first-order valence-electron chi connectivity index (χ1n) is 19.1. The van der Waals surface area contributed by atoms with E-state index >= 15 is 0 Å². The molecule has 1 heterocycles. The van der Waals surface area contributed by atoms with Gasteiger partial charge in [0.25, 0.3) is 0 Å². The van der Waals surface area contributed by atoms with Gasteiger partial charge >= 0.3 is 17.9 Å². The number of rotatable bonds is 20. The fourth-order valence-electron chi connectivity index (χ4n) is 6.75. The molecule has 4 aromatic rings. The number of aromatic carboxylic acids is 1. The number of unbranched alkanes of at least 4 members (excludes halogenated alkanes) is 4. The zero-order chi connectivity index (χ0) is 38.3. The molecule has 10 nitrogen and oxygen atoms in total. The van der Waals surface area contributed by atoms with Crippen molar-refractivity contribution in [3.05, 3.63) is 89.5 Å². The standard InChI is InChI=1S/C43H51N3O7S/c1-4-7-14-29-17-19-30(20-18-29)43(50)53-32-22-23-33(36(28-32)40(46-44-6-3)41-45-37-15-10-11-16-38(37)54-41)35-27-31(21-24-34(35)42(48)49)51-25-12-8-9-13-26-52-39(47)5-2/h5,10-11,15-16,21-24,27-30,44H,2,4,6-9,12-14,17-20,25-26H2,1,3H3,(H,48,49). The number of carboxylic acids is 1. The highest BCUT2D eigenvalue weighted by molar-refractivity contribution is 7.20. The highest BCUT2D eigenvalue weighted by atomic mass is 32.1. The van der Waals surface area contributed by atoms with Crippen LogP contribution in [-0.4, -0.2) is 53.5 Å². The predicted octanol–water partition coefficient (Wildman–Crippen LogP) is 9.59. The molecule has 0 unspecified atom stereocenters. The van der Waals surface area contributed by atoms with Crippen LogP contribution >= 0.6 is 11.3 Å². The third-order valence-corrected chi connectivity index (χ3v) is 10.7. The lowest BCUT2D eigenvalue weighted by atomic mass is 9.80. The molecule has 0 radical (unpaired) electrons. The number of benzene rings is 3. The minimum Gasteiger partial charge on any atom is -0.494 e. The summed E-state index contributed by atoms with van der Waals surface area (Å²) in [6.45, 7) is 8.88. The van der Waals surface area contributed by atoms with Crippen molar-refractivity contribution in [1.82, 2.24) is 10.4 Å². The van der Waals surface area contributed by atoms with Gasteiger partial charge in [0.1, 0.15) is 22.2 Å². The molecule has 0 saturated heterocycles. The molecule has 0 atom stereocenters. The van der Waals surface area contributed by atoms with Gasteiger partial charge in [-0.1, -0.05) is 44.9 Å². The Morgan fingerprint density at radius 3 is 2.39 bits per heavy atom. The van der Waals surface area contributed by atoms with Crippen LogP contribution in [0.25, 0.3) is 21.3 Å². The largest absolute Gasteiger partial charge is 0.494 e. The van der Waals surface area contributed by atoms with Gasteiger partial charge in [0.05, 0.1) is 34.9 Å². The van der Waals surface area contributed by atoms with Gasteiger partial charge in [0.2, 0.25) is 0 Å². The van der Waals surface area contributed by atoms with Crippen molar-refractivity contribution < 1.29 is 33.7 Å². The number of hydrazone groups is 1. The van der Waals surface area contributed by atoms with Crippen LogP contribution in [0, 0.1) is 11.8 Å². The van der Waals surface area contributed by atoms with Crippen LogP contribution in [0.2, 0.25) is 0 Å². The number of carboxylic acid groups (broad SMARTS) is 1. The average molecular weight is 754 g/mol. The molecule has 5 rings (SSSR count). The molecule has 1 aliphatic rings. The van der Waals surface area contributed by atoms with E-state index in [0.29, 0.717) is 64.6 Å². The number of para-hydroxylation sites is 1. The lowest BCUT2D eigenvalue weighted by molar-refractivity contribution is -0.140. The van der Waals surface area contributed by atoms with Crippen molar-refractivity contribution in [2.45, 2.75) is 84.5 Å². The van der Waals surface area contributed by atoms with Crippen LogP contribution in [0.3, 0.4) is 0 Å². The summed E-state index contributed by atoms with van der Waals surface area (Å²) < 4.78 is 18.2. The summed E-state index contributed by atoms with van der Waals surface area (Å²) in [5.74, 6) is -0.360. The average Bonchev–Trinajstić information content (AvgIpc) is 3.62. The quantitative estimate of drug-likeness (QED) is 0.0226. The summed E-state index contributed by atoms with van der Waals surface area (Å²) >= 11 is 1.48. The number of aromatic nitrogens is 1. The summed E-state index contributed by atoms with van der Waals surface area (Å²) in [5.41, 5.74) is 6.09. The lowest BCUT2D eigenvalue weighted by Crippen LogP contribution is -2.25. The Labute approximate surface area is 321 Å². The van der Waals surface area contributed by atoms with E-state index in [2.05, 4.69) is 18.9 Å². The number of nitrogens with zero attached hydrogens (tertiary/aromatic N) is 2. The number of ether oxygens (including phenoxy) is 3. The van der Waals surface area contributed by atoms with Gasteiger partial charge in [-0.3, -0.25) is 4.79 Å². The van der Waals surface area contributed by atoms with E-state index in [4.69, 9.17) is 24.3 Å². The smallest absolute Gasteiger partial charge is 0.336 e. The zero-order valence-corrected chi connectivity index (χ0v) is 32.1. The second-order valence-corrected chi connectivity index (χ2v) is 14.6. The van der Waals surface area contributed by atoms with E-state index in [-0.39, 0.29) is 17.5 Å². The molecular weight excluding hydrogens is 703 g/mol. The van der Waals surface area contributed by atoms with Crippen LogP contribution in [-0.2, 0) is 14.3 Å². The fourth-order valence-corrected chi connectivity index (χ4v) is 7.72. The number of carbonyl (C=O) groups excluding carboxylic acids is 2. The highest BCUT2D eigenvalue weighted by Crippen LogP contribution is 2.37. The Balaban J connectivity index is 1.45. The van der Waals surface area contributed by atoms with Crippen molar-refractivity contribution in [3.63, 3.8) is 0 Å². The van der Waals surface area contributed by atoms with Crippen LogP contribution < -0.4 is 14.9 Å². The van der Waals surface area contributed by atoms with Gasteiger partial charge in [-0.15, -0.1) is 11.3 Å². The number of hydrogen-bond donors (Lipinski definition) is 2. The Bertz CT molecular complexity index is 1900. The number of carbonyl (C=O) groups is 3. The van der Waals surface area contributed by atoms with Crippen molar-refractivity contribution in [1.29, 1.82) is 0 Å². The number of nitrogens with one attached hydrogen (secondary N) is 1. The van der Waals surface area contributed by atoms with Gasteiger partial charge in [-0.25, -0.2) is 14.6 Å². The van der Waals surface area contributed by atoms with Gasteiger partial charge in [-0.05, 0) is 118 Å². The topological polar surface area (TPSA) is 136 Å². The number of thiazole rings is 1. The molecular formula is C43H51N3O7S. The second kappa shape index (κ2) is 20.4. The Kier molecular flexibility index (Phi) is 15.2. The van der Waals surface area contributed by atoms with Crippen LogP contribution in [0.4, 0.5) is 0 Å². The van der Waals surface area contributed by atoms with E-state index in [1.165, 1.54) is 30.6 Å². The first-order valence-corrected chi connectivity index (χ1v) is 19.9. The maximum atomic E-state index is 13.5. The van der Waals surface area contributed by atoms with E-state index in [1.807, 2.05) is 31.2 Å². The fraction of sp³-hybridized carbons (Fsp3) is 0.419. The molecule has 2 N–H and O–H groups in total. The molecule has 1 saturated carbocycles. The summed E-state index contributed by atoms with van der Waals surface area (Å²) in [6.07, 6.45) is 11.7. The molecule has 3 aromatic carbocycles. The van der Waals surface area contributed by atoms with Gasteiger partial charge < -0.3 is 24.7 Å². The molecule has 0 aliphatic heterocycles. The second-order valence-electron chi connectivity index (χ2n) is 13.6. The molecule has 1 fully saturated rings. The molecule has 11 heteroatoms. The summed E-state index contributed by atoms with van der Waals surface area (Å²) in [7, 11) is 0. The maximum Gasteiger partial charge on any atom is 0.336 e. The molecule has 1 aromatic heterocycles. The number of esters is 2. The zero-order valence-electron chi connectivity index (χ0n) is 31.3. The normalized spacial score (nSPS) is 15.8. The summed E-state index contributed by atoms with van der Waals surface area (Å²) in [6, 6.07) is 18.1. The third-order valence-electron chi connectivity index (χ3n) is 9.69. The third kappa shape index (κ3) is 11.0. The monoisotopic (exact) mass is 753 g/mol. The number of hydrogen-bond acceptors (Lipinski definition) is 10. The summed E-state index contributed by atoms with van der Waals surface area (Å²) in [4.78, 5) is 42.3. The van der Waals surface area contributed by atoms with Crippen LogP contribution in [0.1, 0.15) is 105 Å². The van der Waals surface area contributed by atoms with E-state index in [1.54, 1.807) is 36.4 Å². The minimum atomic E-state index is -1.09. The molecule has 286 valence electrons. The molecule has 0 spiro atoms. The SMILES string of the molecule is C=CC(=O)OCCCCCCOc1ccc(C(=O)O)c(-c2ccc(OC(=O)C3CCC(CCCC)CC3)cc2C(=NNCC)c2nc3ccccc3s2)c1. The molecule has 0 bridgehead atoms. The van der Waals surface area contributed by atoms with Crippen LogP contribution in [0.15, 0.2) is 78.4 Å². The molecule has 54 heavy (non-hydrogen) atoms. The van der Waals surface area contributed by atoms with Crippen molar-refractivity contribution in [2.75, 3.05) is 19.8 Å². The Morgan fingerprint density at radius 2 is 1.67 bits per heavy atom. The van der Waals surface area contributed by atoms with Gasteiger partial charge in [0, 0.05) is 23.7 Å². The first-order chi connectivity index (χ1) is 26.3. The highest BCUT2D eigenvalue weighted by Gasteiger charge is 2.29. The van der Waals surface area contributed by atoms with E-state index in [9.17, 15) is 19.5 Å². The van der Waals surface area contributed by atoms with E-state index in [0.717, 1.165) is 67.7 Å². The minimum absolute atomic E-state index is 0.0920. The van der Waals surface area contributed by atoms with Crippen molar-refractivity contribution in [3.8, 4) is 22.6 Å². The lowest BCUT2D eigenvalue weighted by Gasteiger charge is -2.27. The van der Waals surface area contributed by atoms with Gasteiger partial charge in [-0.2, -0.15) is 5.10 Å². The Morgan fingerprint density at radius 1 is 0.907 bits per heavy atom. The predicted molar refractivity (Wildman–Crippen MR) is 213 cm³/mol. The summed E-state index contributed by atoms with van der Waals surface area (Å²) in [5, 5.41) is 15.8. The molecule has 0 amide bonds. The maximum absolute atomic E-state index is 13.5.